The van der Waals surface area contributed by atoms with Gasteiger partial charge in [0.25, 0.3) is 0 Å². The summed E-state index contributed by atoms with van der Waals surface area (Å²) in [7, 11) is 0. The third-order valence-corrected chi connectivity index (χ3v) is 3.75. The smallest absolute Gasteiger partial charge is 0.0120 e. The predicted molar refractivity (Wildman–Crippen MR) is 68.8 cm³/mol. The zero-order valence-electron chi connectivity index (χ0n) is 10.5. The van der Waals surface area contributed by atoms with Crippen molar-refractivity contribution >= 4 is 0 Å². The standard InChI is InChI=1S/C15H24/c1-6-12(2)9-10-14-13(3)8-7-11-15(14,4)5/h6,9,14H,1,3,7-8,10-11H2,2,4-5H3/b12-9+/t14-/m1/s1. The Morgan fingerprint density at radius 3 is 2.73 bits per heavy atom. The predicted octanol–water partition coefficient (Wildman–Crippen LogP) is 4.89. The van der Waals surface area contributed by atoms with Gasteiger partial charge in [-0.05, 0) is 43.9 Å². The topological polar surface area (TPSA) is 0 Å². The minimum Gasteiger partial charge on any atom is -0.0995 e. The Bertz CT molecular complexity index is 278. The van der Waals surface area contributed by atoms with E-state index in [1.165, 1.54) is 30.4 Å². The summed E-state index contributed by atoms with van der Waals surface area (Å²) in [6.45, 7) is 14.9. The molecule has 1 saturated carbocycles. The first-order valence-electron chi connectivity index (χ1n) is 5.94. The van der Waals surface area contributed by atoms with Gasteiger partial charge in [0.2, 0.25) is 0 Å². The summed E-state index contributed by atoms with van der Waals surface area (Å²) >= 11 is 0. The summed E-state index contributed by atoms with van der Waals surface area (Å²) in [5, 5.41) is 0. The molecule has 0 radical (unpaired) electrons. The monoisotopic (exact) mass is 204 g/mol. The lowest BCUT2D eigenvalue weighted by atomic mass is 9.65. The van der Waals surface area contributed by atoms with Crippen LogP contribution < -0.4 is 0 Å². The fourth-order valence-electron chi connectivity index (χ4n) is 2.54. The minimum absolute atomic E-state index is 0.424. The molecule has 0 aromatic rings. The SMILES string of the molecule is C=C/C(C)=C/C[C@@H]1C(=C)CCCC1(C)C. The lowest BCUT2D eigenvalue weighted by molar-refractivity contribution is 0.191. The van der Waals surface area contributed by atoms with E-state index < -0.39 is 0 Å². The molecule has 0 amide bonds. The Balaban J connectivity index is 2.72. The molecule has 84 valence electrons. The van der Waals surface area contributed by atoms with Crippen molar-refractivity contribution in [1.29, 1.82) is 0 Å². The van der Waals surface area contributed by atoms with Crippen LogP contribution >= 0.6 is 0 Å². The van der Waals surface area contributed by atoms with Crippen LogP contribution in [0.15, 0.2) is 36.5 Å². The van der Waals surface area contributed by atoms with Crippen molar-refractivity contribution in [3.63, 3.8) is 0 Å². The van der Waals surface area contributed by atoms with E-state index in [0.29, 0.717) is 11.3 Å². The first kappa shape index (κ1) is 12.3. The van der Waals surface area contributed by atoms with Crippen LogP contribution in [0.3, 0.4) is 0 Å². The third kappa shape index (κ3) is 3.09. The van der Waals surface area contributed by atoms with Crippen molar-refractivity contribution in [1.82, 2.24) is 0 Å². The molecule has 0 aliphatic heterocycles. The van der Waals surface area contributed by atoms with Crippen LogP contribution in [0.2, 0.25) is 0 Å². The van der Waals surface area contributed by atoms with Gasteiger partial charge in [-0.2, -0.15) is 0 Å². The van der Waals surface area contributed by atoms with Gasteiger partial charge in [0.15, 0.2) is 0 Å². The maximum atomic E-state index is 4.24. The molecule has 0 saturated heterocycles. The largest absolute Gasteiger partial charge is 0.0995 e. The van der Waals surface area contributed by atoms with Gasteiger partial charge in [-0.15, -0.1) is 0 Å². The molecule has 0 heteroatoms. The first-order chi connectivity index (χ1) is 6.97. The minimum atomic E-state index is 0.424. The summed E-state index contributed by atoms with van der Waals surface area (Å²) in [6, 6.07) is 0. The molecule has 0 nitrogen and oxygen atoms in total. The number of rotatable bonds is 3. The molecule has 1 rings (SSSR count). The molecule has 1 fully saturated rings. The van der Waals surface area contributed by atoms with Gasteiger partial charge in [0.05, 0.1) is 0 Å². The normalized spacial score (nSPS) is 26.5. The van der Waals surface area contributed by atoms with Crippen molar-refractivity contribution in [3.8, 4) is 0 Å². The van der Waals surface area contributed by atoms with Crippen molar-refractivity contribution < 1.29 is 0 Å². The van der Waals surface area contributed by atoms with Crippen molar-refractivity contribution in [3.05, 3.63) is 36.5 Å². The molecule has 0 aromatic heterocycles. The molecule has 0 N–H and O–H groups in total. The van der Waals surface area contributed by atoms with E-state index in [-0.39, 0.29) is 0 Å². The second-order valence-electron chi connectivity index (χ2n) is 5.44. The third-order valence-electron chi connectivity index (χ3n) is 3.75. The van der Waals surface area contributed by atoms with E-state index in [9.17, 15) is 0 Å². The van der Waals surface area contributed by atoms with Gasteiger partial charge in [-0.3, -0.25) is 0 Å². The quantitative estimate of drug-likeness (QED) is 0.453. The van der Waals surface area contributed by atoms with Crippen LogP contribution in [-0.2, 0) is 0 Å². The fourth-order valence-corrected chi connectivity index (χ4v) is 2.54. The van der Waals surface area contributed by atoms with E-state index in [2.05, 4.69) is 40.0 Å². The van der Waals surface area contributed by atoms with Crippen LogP contribution in [-0.4, -0.2) is 0 Å². The van der Waals surface area contributed by atoms with Gasteiger partial charge in [-0.25, -0.2) is 0 Å². The fraction of sp³-hybridized carbons (Fsp3) is 0.600. The van der Waals surface area contributed by atoms with Crippen molar-refractivity contribution in [2.75, 3.05) is 0 Å². The van der Waals surface area contributed by atoms with E-state index in [4.69, 9.17) is 0 Å². The summed E-state index contributed by atoms with van der Waals surface area (Å²) < 4.78 is 0. The molecule has 0 heterocycles. The molecule has 0 aromatic carbocycles. The highest BCUT2D eigenvalue weighted by Gasteiger charge is 2.33. The van der Waals surface area contributed by atoms with Crippen molar-refractivity contribution in [2.24, 2.45) is 11.3 Å². The molecule has 0 unspecified atom stereocenters. The lowest BCUT2D eigenvalue weighted by Crippen LogP contribution is -2.29. The maximum Gasteiger partial charge on any atom is -0.0120 e. The van der Waals surface area contributed by atoms with Gasteiger partial charge < -0.3 is 0 Å². The molecule has 1 aliphatic carbocycles. The summed E-state index contributed by atoms with van der Waals surface area (Å²) in [5.74, 6) is 0.654. The molecular weight excluding hydrogens is 180 g/mol. The molecule has 0 bridgehead atoms. The second kappa shape index (κ2) is 4.83. The summed E-state index contributed by atoms with van der Waals surface area (Å²) in [6.07, 6.45) is 9.22. The zero-order valence-corrected chi connectivity index (χ0v) is 10.5. The Morgan fingerprint density at radius 2 is 2.20 bits per heavy atom. The zero-order chi connectivity index (χ0) is 11.5. The van der Waals surface area contributed by atoms with Gasteiger partial charge in [0, 0.05) is 0 Å². The molecular formula is C15H24. The highest BCUT2D eigenvalue weighted by atomic mass is 14.4. The highest BCUT2D eigenvalue weighted by molar-refractivity contribution is 5.17. The molecule has 0 spiro atoms. The average molecular weight is 204 g/mol. The maximum absolute atomic E-state index is 4.24. The Labute approximate surface area is 94.8 Å². The van der Waals surface area contributed by atoms with Crippen LogP contribution in [0.1, 0.15) is 46.5 Å². The molecule has 15 heavy (non-hydrogen) atoms. The first-order valence-corrected chi connectivity index (χ1v) is 5.94. The van der Waals surface area contributed by atoms with Gasteiger partial charge in [0.1, 0.15) is 0 Å². The van der Waals surface area contributed by atoms with E-state index in [1.54, 1.807) is 0 Å². The summed E-state index contributed by atoms with van der Waals surface area (Å²) in [4.78, 5) is 0. The number of hydrogen-bond acceptors (Lipinski definition) is 0. The Morgan fingerprint density at radius 1 is 1.53 bits per heavy atom. The second-order valence-corrected chi connectivity index (χ2v) is 5.44. The van der Waals surface area contributed by atoms with Crippen LogP contribution in [0.5, 0.6) is 0 Å². The van der Waals surface area contributed by atoms with Gasteiger partial charge >= 0.3 is 0 Å². The van der Waals surface area contributed by atoms with Gasteiger partial charge in [-0.1, -0.05) is 50.3 Å². The van der Waals surface area contributed by atoms with E-state index in [1.807, 2.05) is 6.08 Å². The van der Waals surface area contributed by atoms with Crippen LogP contribution in [0.4, 0.5) is 0 Å². The summed E-state index contributed by atoms with van der Waals surface area (Å²) in [5.41, 5.74) is 3.15. The Hall–Kier alpha value is -0.780. The Kier molecular flexibility index (Phi) is 3.96. The van der Waals surface area contributed by atoms with Crippen LogP contribution in [0.25, 0.3) is 0 Å². The van der Waals surface area contributed by atoms with Crippen molar-refractivity contribution in [2.45, 2.75) is 46.5 Å². The highest BCUT2D eigenvalue weighted by Crippen LogP contribution is 2.45. The molecule has 1 aliphatic rings. The molecule has 1 atom stereocenters. The van der Waals surface area contributed by atoms with Crippen LogP contribution in [0, 0.1) is 11.3 Å². The average Bonchev–Trinajstić information content (AvgIpc) is 2.15. The van der Waals surface area contributed by atoms with E-state index in [0.717, 1.165) is 6.42 Å². The van der Waals surface area contributed by atoms with E-state index >= 15 is 0 Å². The number of hydrogen-bond donors (Lipinski definition) is 0. The lowest BCUT2D eigenvalue weighted by Gasteiger charge is -2.40. The number of allylic oxidation sites excluding steroid dienone is 4.